The SMILES string of the molecule is CC(C)(N)C(=O)CN. The first kappa shape index (κ1) is 7.59. The van der Waals surface area contributed by atoms with Crippen molar-refractivity contribution < 1.29 is 4.79 Å². The lowest BCUT2D eigenvalue weighted by atomic mass is 10.0. The predicted octanol–water partition coefficient (Wildman–Crippen LogP) is -0.748. The zero-order chi connectivity index (χ0) is 6.78. The fourth-order valence-electron chi connectivity index (χ4n) is 0.263. The second-order valence-corrected chi connectivity index (χ2v) is 2.35. The zero-order valence-electron chi connectivity index (χ0n) is 5.27. The van der Waals surface area contributed by atoms with Crippen LogP contribution in [0.5, 0.6) is 0 Å². The lowest BCUT2D eigenvalue weighted by Gasteiger charge is -2.14. The van der Waals surface area contributed by atoms with Gasteiger partial charge in [-0.05, 0) is 13.8 Å². The van der Waals surface area contributed by atoms with Crippen LogP contribution in [0.15, 0.2) is 0 Å². The molecular formula is C5H12N2O. The van der Waals surface area contributed by atoms with Crippen LogP contribution in [0.1, 0.15) is 13.8 Å². The Morgan fingerprint density at radius 1 is 1.62 bits per heavy atom. The van der Waals surface area contributed by atoms with E-state index in [1.807, 2.05) is 0 Å². The van der Waals surface area contributed by atoms with E-state index in [9.17, 15) is 4.79 Å². The first-order valence-electron chi connectivity index (χ1n) is 2.50. The summed E-state index contributed by atoms with van der Waals surface area (Å²) in [6.45, 7) is 3.31. The standard InChI is InChI=1S/C5H12N2O/c1-5(2,7)4(8)3-6/h3,6-7H2,1-2H3. The van der Waals surface area contributed by atoms with E-state index in [1.165, 1.54) is 0 Å². The molecule has 0 radical (unpaired) electrons. The topological polar surface area (TPSA) is 69.1 Å². The van der Waals surface area contributed by atoms with Crippen LogP contribution < -0.4 is 11.5 Å². The van der Waals surface area contributed by atoms with Crippen LogP contribution >= 0.6 is 0 Å². The van der Waals surface area contributed by atoms with E-state index in [1.54, 1.807) is 13.8 Å². The van der Waals surface area contributed by atoms with Crippen molar-refractivity contribution in [3.63, 3.8) is 0 Å². The summed E-state index contributed by atoms with van der Waals surface area (Å²) in [5, 5.41) is 0. The number of Topliss-reactive ketones (excluding diaryl/α,β-unsaturated/α-hetero) is 1. The molecule has 0 saturated carbocycles. The maximum Gasteiger partial charge on any atom is 0.165 e. The largest absolute Gasteiger partial charge is 0.324 e. The van der Waals surface area contributed by atoms with Gasteiger partial charge in [0.2, 0.25) is 0 Å². The highest BCUT2D eigenvalue weighted by atomic mass is 16.1. The molecule has 0 aliphatic rings. The van der Waals surface area contributed by atoms with Crippen molar-refractivity contribution in [2.24, 2.45) is 11.5 Å². The molecule has 3 nitrogen and oxygen atoms in total. The highest BCUT2D eigenvalue weighted by Gasteiger charge is 2.18. The third-order valence-electron chi connectivity index (χ3n) is 0.904. The van der Waals surface area contributed by atoms with Crippen LogP contribution in [-0.4, -0.2) is 17.9 Å². The minimum absolute atomic E-state index is 0.0312. The molecule has 4 N–H and O–H groups in total. The van der Waals surface area contributed by atoms with Gasteiger partial charge in [0.05, 0.1) is 12.1 Å². The van der Waals surface area contributed by atoms with Crippen molar-refractivity contribution in [1.82, 2.24) is 0 Å². The Bertz CT molecular complexity index is 93.1. The minimum atomic E-state index is -0.755. The number of nitrogens with two attached hydrogens (primary N) is 2. The number of carbonyl (C=O) groups is 1. The average Bonchev–Trinajstić information content (AvgIpc) is 1.62. The van der Waals surface area contributed by atoms with Gasteiger partial charge in [0.1, 0.15) is 0 Å². The van der Waals surface area contributed by atoms with Gasteiger partial charge in [0.25, 0.3) is 0 Å². The van der Waals surface area contributed by atoms with E-state index in [0.29, 0.717) is 0 Å². The zero-order valence-corrected chi connectivity index (χ0v) is 5.27. The Kier molecular flexibility index (Phi) is 2.12. The van der Waals surface area contributed by atoms with Crippen molar-refractivity contribution in [3.8, 4) is 0 Å². The molecule has 0 fully saturated rings. The summed E-state index contributed by atoms with van der Waals surface area (Å²) in [5.41, 5.74) is 9.63. The molecule has 0 atom stereocenters. The van der Waals surface area contributed by atoms with Crippen molar-refractivity contribution in [2.75, 3.05) is 6.54 Å². The second kappa shape index (κ2) is 2.24. The van der Waals surface area contributed by atoms with Gasteiger partial charge in [-0.15, -0.1) is 0 Å². The summed E-state index contributed by atoms with van der Waals surface area (Å²) in [7, 11) is 0. The summed E-state index contributed by atoms with van der Waals surface area (Å²) in [6.07, 6.45) is 0. The molecule has 0 heterocycles. The number of ketones is 1. The summed E-state index contributed by atoms with van der Waals surface area (Å²) in [5.74, 6) is -0.113. The van der Waals surface area contributed by atoms with E-state index < -0.39 is 5.54 Å². The molecule has 0 bridgehead atoms. The molecule has 0 spiro atoms. The van der Waals surface area contributed by atoms with Gasteiger partial charge in [0, 0.05) is 0 Å². The predicted molar refractivity (Wildman–Crippen MR) is 32.3 cm³/mol. The molecule has 3 heteroatoms. The Morgan fingerprint density at radius 3 is 2.00 bits per heavy atom. The van der Waals surface area contributed by atoms with Crippen LogP contribution in [0.25, 0.3) is 0 Å². The quantitative estimate of drug-likeness (QED) is 0.499. The van der Waals surface area contributed by atoms with Gasteiger partial charge in [-0.25, -0.2) is 0 Å². The van der Waals surface area contributed by atoms with Gasteiger partial charge >= 0.3 is 0 Å². The molecule has 0 aromatic heterocycles. The molecular weight excluding hydrogens is 104 g/mol. The fourth-order valence-corrected chi connectivity index (χ4v) is 0.263. The summed E-state index contributed by atoms with van der Waals surface area (Å²) < 4.78 is 0. The number of rotatable bonds is 2. The molecule has 0 saturated heterocycles. The van der Waals surface area contributed by atoms with E-state index in [4.69, 9.17) is 11.5 Å². The van der Waals surface area contributed by atoms with E-state index >= 15 is 0 Å². The Balaban J connectivity index is 3.82. The molecule has 0 aromatic rings. The number of hydrogen-bond acceptors (Lipinski definition) is 3. The van der Waals surface area contributed by atoms with Gasteiger partial charge in [-0.2, -0.15) is 0 Å². The highest BCUT2D eigenvalue weighted by Crippen LogP contribution is 1.95. The molecule has 0 amide bonds. The molecule has 0 unspecified atom stereocenters. The Hall–Kier alpha value is -0.410. The first-order valence-corrected chi connectivity index (χ1v) is 2.50. The highest BCUT2D eigenvalue weighted by molar-refractivity contribution is 5.88. The Morgan fingerprint density at radius 2 is 2.00 bits per heavy atom. The fraction of sp³-hybridized carbons (Fsp3) is 0.800. The summed E-state index contributed by atoms with van der Waals surface area (Å²) in [6, 6.07) is 0. The van der Waals surface area contributed by atoms with Crippen LogP contribution in [-0.2, 0) is 4.79 Å². The lowest BCUT2D eigenvalue weighted by Crippen LogP contribution is -2.44. The third kappa shape index (κ3) is 2.04. The van der Waals surface area contributed by atoms with Crippen molar-refractivity contribution in [1.29, 1.82) is 0 Å². The maximum atomic E-state index is 10.6. The van der Waals surface area contributed by atoms with Crippen molar-refractivity contribution in [2.45, 2.75) is 19.4 Å². The molecule has 8 heavy (non-hydrogen) atoms. The minimum Gasteiger partial charge on any atom is -0.324 e. The van der Waals surface area contributed by atoms with E-state index in [2.05, 4.69) is 0 Å². The Labute approximate surface area is 49.0 Å². The van der Waals surface area contributed by atoms with Crippen LogP contribution in [0.4, 0.5) is 0 Å². The van der Waals surface area contributed by atoms with Gasteiger partial charge < -0.3 is 11.5 Å². The molecule has 0 aromatic carbocycles. The number of hydrogen-bond donors (Lipinski definition) is 2. The molecule has 0 rings (SSSR count). The monoisotopic (exact) mass is 116 g/mol. The van der Waals surface area contributed by atoms with E-state index in [0.717, 1.165) is 0 Å². The van der Waals surface area contributed by atoms with Gasteiger partial charge in [0.15, 0.2) is 5.78 Å². The van der Waals surface area contributed by atoms with Crippen LogP contribution in [0.3, 0.4) is 0 Å². The van der Waals surface area contributed by atoms with Crippen LogP contribution in [0.2, 0.25) is 0 Å². The normalized spacial score (nSPS) is 11.5. The second-order valence-electron chi connectivity index (χ2n) is 2.35. The lowest BCUT2D eigenvalue weighted by molar-refractivity contribution is -0.121. The third-order valence-corrected chi connectivity index (χ3v) is 0.904. The smallest absolute Gasteiger partial charge is 0.165 e. The number of carbonyl (C=O) groups excluding carboxylic acids is 1. The van der Waals surface area contributed by atoms with E-state index in [-0.39, 0.29) is 12.3 Å². The summed E-state index contributed by atoms with van der Waals surface area (Å²) in [4.78, 5) is 10.6. The average molecular weight is 116 g/mol. The maximum absolute atomic E-state index is 10.6. The molecule has 48 valence electrons. The van der Waals surface area contributed by atoms with Gasteiger partial charge in [-0.3, -0.25) is 4.79 Å². The van der Waals surface area contributed by atoms with Crippen molar-refractivity contribution in [3.05, 3.63) is 0 Å². The van der Waals surface area contributed by atoms with Gasteiger partial charge in [-0.1, -0.05) is 0 Å². The first-order chi connectivity index (χ1) is 3.48. The van der Waals surface area contributed by atoms with Crippen molar-refractivity contribution >= 4 is 5.78 Å². The van der Waals surface area contributed by atoms with Crippen LogP contribution in [0, 0.1) is 0 Å². The summed E-state index contributed by atoms with van der Waals surface area (Å²) >= 11 is 0. The molecule has 0 aliphatic carbocycles. The molecule has 0 aliphatic heterocycles.